The van der Waals surface area contributed by atoms with Crippen molar-refractivity contribution in [3.63, 3.8) is 0 Å². The van der Waals surface area contributed by atoms with Crippen molar-refractivity contribution >= 4 is 17.3 Å². The fraction of sp³-hybridized carbons (Fsp3) is 0.133. The van der Waals surface area contributed by atoms with Crippen LogP contribution in [0, 0.1) is 0 Å². The maximum atomic E-state index is 12.4. The van der Waals surface area contributed by atoms with Gasteiger partial charge in [-0.25, -0.2) is 0 Å². The van der Waals surface area contributed by atoms with Crippen LogP contribution >= 0.6 is 0 Å². The summed E-state index contributed by atoms with van der Waals surface area (Å²) in [6, 6.07) is 15.5. The number of hydrogen-bond acceptors (Lipinski definition) is 4. The average Bonchev–Trinajstić information content (AvgIpc) is 2.94. The zero-order valence-corrected chi connectivity index (χ0v) is 11.2. The molecule has 0 spiro atoms. The molecule has 3 N–H and O–H groups in total. The van der Waals surface area contributed by atoms with E-state index in [9.17, 15) is 4.79 Å². The Morgan fingerprint density at radius 3 is 2.60 bits per heavy atom. The monoisotopic (exact) mass is 268 g/mol. The summed E-state index contributed by atoms with van der Waals surface area (Å²) in [6.45, 7) is 0.598. The second-order valence-corrected chi connectivity index (χ2v) is 4.78. The quantitative estimate of drug-likeness (QED) is 0.799. The number of amides is 1. The van der Waals surface area contributed by atoms with Crippen LogP contribution in [0.3, 0.4) is 0 Å². The Labute approximate surface area is 117 Å². The average molecular weight is 268 g/mol. The standard InChI is InChI=1S/C15H16N4O/c1-19(10-11-5-3-2-4-6-11)15(20)12-7-8-13-14(9-12)17-18-16-13/h2-9,16-18H,10H2,1H3. The molecule has 0 aromatic heterocycles. The molecule has 0 aliphatic carbocycles. The Morgan fingerprint density at radius 2 is 1.80 bits per heavy atom. The fourth-order valence-electron chi connectivity index (χ4n) is 2.21. The van der Waals surface area contributed by atoms with Gasteiger partial charge in [0.15, 0.2) is 0 Å². The number of rotatable bonds is 3. The molecule has 0 saturated heterocycles. The van der Waals surface area contributed by atoms with Gasteiger partial charge in [0.25, 0.3) is 5.91 Å². The smallest absolute Gasteiger partial charge is 0.253 e. The normalized spacial score (nSPS) is 12.2. The van der Waals surface area contributed by atoms with Crippen molar-refractivity contribution in [1.82, 2.24) is 10.4 Å². The van der Waals surface area contributed by atoms with Crippen LogP contribution in [0.2, 0.25) is 0 Å². The lowest BCUT2D eigenvalue weighted by molar-refractivity contribution is 0.0785. The molecule has 20 heavy (non-hydrogen) atoms. The van der Waals surface area contributed by atoms with Gasteiger partial charge in [0, 0.05) is 19.2 Å². The minimum Gasteiger partial charge on any atom is -0.337 e. The molecular formula is C15H16N4O. The third-order valence-corrected chi connectivity index (χ3v) is 3.27. The molecular weight excluding hydrogens is 252 g/mol. The number of hydrogen-bond donors (Lipinski definition) is 3. The van der Waals surface area contributed by atoms with Crippen molar-refractivity contribution in [2.75, 3.05) is 17.9 Å². The zero-order chi connectivity index (χ0) is 13.9. The third-order valence-electron chi connectivity index (χ3n) is 3.27. The molecule has 0 radical (unpaired) electrons. The highest BCUT2D eigenvalue weighted by Crippen LogP contribution is 2.25. The molecule has 102 valence electrons. The highest BCUT2D eigenvalue weighted by molar-refractivity contribution is 5.96. The van der Waals surface area contributed by atoms with Crippen molar-refractivity contribution in [2.45, 2.75) is 6.54 Å². The van der Waals surface area contributed by atoms with Gasteiger partial charge in [0.2, 0.25) is 0 Å². The van der Waals surface area contributed by atoms with Gasteiger partial charge in [-0.1, -0.05) is 30.3 Å². The summed E-state index contributed by atoms with van der Waals surface area (Å²) in [5.74, 6) is 0.00496. The van der Waals surface area contributed by atoms with Crippen molar-refractivity contribution in [3.05, 3.63) is 59.7 Å². The Morgan fingerprint density at radius 1 is 1.05 bits per heavy atom. The van der Waals surface area contributed by atoms with Gasteiger partial charge in [0.05, 0.1) is 11.4 Å². The SMILES string of the molecule is CN(Cc1ccccc1)C(=O)c1ccc2c(c1)NNN2. The predicted octanol–water partition coefficient (Wildman–Crippen LogP) is 2.22. The largest absolute Gasteiger partial charge is 0.337 e. The first kappa shape index (κ1) is 12.5. The minimum atomic E-state index is 0.00496. The van der Waals surface area contributed by atoms with Crippen LogP contribution in [-0.4, -0.2) is 17.9 Å². The number of benzene rings is 2. The number of hydrazine groups is 2. The van der Waals surface area contributed by atoms with Crippen LogP contribution in [0.4, 0.5) is 11.4 Å². The second kappa shape index (κ2) is 5.22. The van der Waals surface area contributed by atoms with Crippen LogP contribution in [0.25, 0.3) is 0 Å². The van der Waals surface area contributed by atoms with E-state index >= 15 is 0 Å². The van der Waals surface area contributed by atoms with E-state index in [1.54, 1.807) is 4.90 Å². The summed E-state index contributed by atoms with van der Waals surface area (Å²) in [7, 11) is 1.81. The summed E-state index contributed by atoms with van der Waals surface area (Å²) in [5, 5.41) is 0. The number of nitrogens with one attached hydrogen (secondary N) is 3. The van der Waals surface area contributed by atoms with E-state index in [0.29, 0.717) is 12.1 Å². The highest BCUT2D eigenvalue weighted by atomic mass is 16.2. The summed E-state index contributed by atoms with van der Waals surface area (Å²) in [4.78, 5) is 14.1. The first-order chi connectivity index (χ1) is 9.74. The molecule has 1 heterocycles. The van der Waals surface area contributed by atoms with E-state index < -0.39 is 0 Å². The van der Waals surface area contributed by atoms with Gasteiger partial charge >= 0.3 is 0 Å². The van der Waals surface area contributed by atoms with E-state index in [4.69, 9.17) is 0 Å². The van der Waals surface area contributed by atoms with E-state index in [1.165, 1.54) is 0 Å². The molecule has 1 aliphatic rings. The lowest BCUT2D eigenvalue weighted by atomic mass is 10.1. The molecule has 0 atom stereocenters. The third kappa shape index (κ3) is 2.44. The maximum absolute atomic E-state index is 12.4. The van der Waals surface area contributed by atoms with Gasteiger partial charge in [-0.15, -0.1) is 5.53 Å². The second-order valence-electron chi connectivity index (χ2n) is 4.78. The zero-order valence-electron chi connectivity index (χ0n) is 11.2. The van der Waals surface area contributed by atoms with Crippen LogP contribution in [0.15, 0.2) is 48.5 Å². The van der Waals surface area contributed by atoms with E-state index in [-0.39, 0.29) is 5.91 Å². The lowest BCUT2D eigenvalue weighted by Crippen LogP contribution is -2.26. The molecule has 0 bridgehead atoms. The van der Waals surface area contributed by atoms with Crippen LogP contribution < -0.4 is 16.4 Å². The molecule has 0 saturated carbocycles. The molecule has 5 heteroatoms. The summed E-state index contributed by atoms with van der Waals surface area (Å²) in [5.41, 5.74) is 12.3. The van der Waals surface area contributed by atoms with Crippen LogP contribution in [0.5, 0.6) is 0 Å². The maximum Gasteiger partial charge on any atom is 0.253 e. The molecule has 2 aromatic rings. The summed E-state index contributed by atoms with van der Waals surface area (Å²) >= 11 is 0. The first-order valence-electron chi connectivity index (χ1n) is 6.44. The van der Waals surface area contributed by atoms with Crippen molar-refractivity contribution in [2.24, 2.45) is 0 Å². The Balaban J connectivity index is 1.75. The number of nitrogens with zero attached hydrogens (tertiary/aromatic N) is 1. The van der Waals surface area contributed by atoms with E-state index in [2.05, 4.69) is 16.4 Å². The highest BCUT2D eigenvalue weighted by Gasteiger charge is 2.16. The molecule has 1 aliphatic heterocycles. The number of carbonyl (C=O) groups excluding carboxylic acids is 1. The minimum absolute atomic E-state index is 0.00496. The molecule has 0 fully saturated rings. The van der Waals surface area contributed by atoms with Gasteiger partial charge in [-0.2, -0.15) is 0 Å². The predicted molar refractivity (Wildman–Crippen MR) is 79.1 cm³/mol. The van der Waals surface area contributed by atoms with Crippen molar-refractivity contribution < 1.29 is 4.79 Å². The molecule has 1 amide bonds. The number of carbonyl (C=O) groups is 1. The number of fused-ring (bicyclic) bond motifs is 1. The topological polar surface area (TPSA) is 56.4 Å². The summed E-state index contributed by atoms with van der Waals surface area (Å²) in [6.07, 6.45) is 0. The van der Waals surface area contributed by atoms with Gasteiger partial charge in [-0.3, -0.25) is 4.79 Å². The molecule has 3 rings (SSSR count). The Hall–Kier alpha value is -2.53. The first-order valence-corrected chi connectivity index (χ1v) is 6.44. The molecule has 0 unspecified atom stereocenters. The van der Waals surface area contributed by atoms with Gasteiger partial charge in [-0.05, 0) is 23.8 Å². The Kier molecular flexibility index (Phi) is 3.26. The van der Waals surface area contributed by atoms with Crippen molar-refractivity contribution in [3.8, 4) is 0 Å². The molecule has 5 nitrogen and oxygen atoms in total. The van der Waals surface area contributed by atoms with Gasteiger partial charge < -0.3 is 15.8 Å². The number of anilines is 2. The van der Waals surface area contributed by atoms with E-state index in [1.807, 2.05) is 55.6 Å². The van der Waals surface area contributed by atoms with Crippen LogP contribution in [0.1, 0.15) is 15.9 Å². The van der Waals surface area contributed by atoms with Crippen LogP contribution in [-0.2, 0) is 6.54 Å². The Bertz CT molecular complexity index is 627. The van der Waals surface area contributed by atoms with Crippen molar-refractivity contribution in [1.29, 1.82) is 0 Å². The van der Waals surface area contributed by atoms with Gasteiger partial charge in [0.1, 0.15) is 0 Å². The summed E-state index contributed by atoms with van der Waals surface area (Å²) < 4.78 is 0. The lowest BCUT2D eigenvalue weighted by Gasteiger charge is -2.17. The van der Waals surface area contributed by atoms with E-state index in [0.717, 1.165) is 16.9 Å². The fourth-order valence-corrected chi connectivity index (χ4v) is 2.21. The molecule has 2 aromatic carbocycles.